The third-order valence-corrected chi connectivity index (χ3v) is 5.54. The van der Waals surface area contributed by atoms with Crippen molar-refractivity contribution in [2.24, 2.45) is 23.7 Å². The average molecular weight is 443 g/mol. The summed E-state index contributed by atoms with van der Waals surface area (Å²) in [5, 5.41) is 0. The van der Waals surface area contributed by atoms with Crippen LogP contribution in [-0.4, -0.2) is 0 Å². The molecule has 0 spiro atoms. The van der Waals surface area contributed by atoms with Gasteiger partial charge in [-0.1, -0.05) is 91.9 Å². The summed E-state index contributed by atoms with van der Waals surface area (Å²) in [6.07, 6.45) is 17.7. The molecule has 0 bridgehead atoms. The molecule has 0 heterocycles. The van der Waals surface area contributed by atoms with Gasteiger partial charge in [0.05, 0.1) is 0 Å². The van der Waals surface area contributed by atoms with Gasteiger partial charge in [0.1, 0.15) is 0 Å². The van der Waals surface area contributed by atoms with Crippen LogP contribution in [0.1, 0.15) is 105 Å². The van der Waals surface area contributed by atoms with Crippen molar-refractivity contribution < 1.29 is 20.8 Å². The van der Waals surface area contributed by atoms with Gasteiger partial charge in [0.2, 0.25) is 0 Å². The number of halogens is 2. The summed E-state index contributed by atoms with van der Waals surface area (Å²) in [6.45, 7) is 9.37. The van der Waals surface area contributed by atoms with Crippen LogP contribution in [0.4, 0.5) is 0 Å². The molecule has 4 unspecified atom stereocenters. The van der Waals surface area contributed by atoms with E-state index in [1.165, 1.54) is 77.0 Å². The molecule has 0 nitrogen and oxygen atoms in total. The van der Waals surface area contributed by atoms with E-state index >= 15 is 0 Å². The first-order valence-corrected chi connectivity index (χ1v) is 16.4. The number of unbranched alkanes of at least 4 members (excludes halogenated alkanes) is 2. The molecule has 4 atom stereocenters. The minimum absolute atomic E-state index is 0.826. The van der Waals surface area contributed by atoms with Crippen LogP contribution in [0.3, 0.4) is 0 Å². The van der Waals surface area contributed by atoms with Crippen molar-refractivity contribution in [2.75, 3.05) is 0 Å². The van der Waals surface area contributed by atoms with Crippen LogP contribution in [0.15, 0.2) is 0 Å². The molecule has 2 rings (SSSR count). The van der Waals surface area contributed by atoms with Gasteiger partial charge in [0.15, 0.2) is 0 Å². The SMILES string of the molecule is CCCCC1CCC(C)C1.CCCCC1CCC(C)C1.[Cl][Zr][Cl]. The monoisotopic (exact) mass is 440 g/mol. The van der Waals surface area contributed by atoms with E-state index in [-0.39, 0.29) is 0 Å². The van der Waals surface area contributed by atoms with Crippen LogP contribution < -0.4 is 0 Å². The van der Waals surface area contributed by atoms with Crippen molar-refractivity contribution in [1.29, 1.82) is 0 Å². The molecule has 23 heavy (non-hydrogen) atoms. The van der Waals surface area contributed by atoms with Gasteiger partial charge in [-0.25, -0.2) is 0 Å². The molecule has 0 aromatic carbocycles. The summed E-state index contributed by atoms with van der Waals surface area (Å²) >= 11 is -0.826. The molecular weight excluding hydrogens is 402 g/mol. The second-order valence-corrected chi connectivity index (χ2v) is 11.7. The maximum absolute atomic E-state index is 4.93. The number of rotatable bonds is 6. The Labute approximate surface area is 165 Å². The van der Waals surface area contributed by atoms with Crippen LogP contribution in [0, 0.1) is 23.7 Å². The van der Waals surface area contributed by atoms with Crippen molar-refractivity contribution >= 4 is 17.0 Å². The maximum atomic E-state index is 4.93. The third-order valence-electron chi connectivity index (χ3n) is 5.54. The molecule has 0 N–H and O–H groups in total. The molecular formula is C20H40Cl2Zr. The Bertz CT molecular complexity index is 224. The Morgan fingerprint density at radius 2 is 1.09 bits per heavy atom. The first kappa shape index (κ1) is 24.5. The zero-order valence-electron chi connectivity index (χ0n) is 16.1. The van der Waals surface area contributed by atoms with Crippen molar-refractivity contribution in [3.8, 4) is 0 Å². The molecule has 0 aliphatic heterocycles. The summed E-state index contributed by atoms with van der Waals surface area (Å²) in [5.74, 6) is 4.24. The van der Waals surface area contributed by atoms with Gasteiger partial charge in [0.25, 0.3) is 0 Å². The van der Waals surface area contributed by atoms with Crippen LogP contribution >= 0.6 is 17.0 Å². The fourth-order valence-electron chi connectivity index (χ4n) is 4.16. The van der Waals surface area contributed by atoms with E-state index in [0.29, 0.717) is 0 Å². The molecule has 0 saturated heterocycles. The minimum atomic E-state index is -0.826. The molecule has 0 aromatic rings. The van der Waals surface area contributed by atoms with E-state index in [4.69, 9.17) is 17.0 Å². The van der Waals surface area contributed by atoms with E-state index in [0.717, 1.165) is 23.7 Å². The van der Waals surface area contributed by atoms with Gasteiger partial charge in [-0.15, -0.1) is 0 Å². The molecule has 2 aliphatic carbocycles. The molecule has 0 aromatic heterocycles. The second-order valence-electron chi connectivity index (χ2n) is 7.92. The zero-order valence-corrected chi connectivity index (χ0v) is 20.0. The second kappa shape index (κ2) is 16.9. The van der Waals surface area contributed by atoms with Crippen LogP contribution in [0.5, 0.6) is 0 Å². The Balaban J connectivity index is 0.000000360. The molecule has 0 amide bonds. The normalized spacial score (nSPS) is 29.3. The van der Waals surface area contributed by atoms with Crippen molar-refractivity contribution in [1.82, 2.24) is 0 Å². The average Bonchev–Trinajstić information content (AvgIpc) is 3.13. The van der Waals surface area contributed by atoms with Crippen molar-refractivity contribution in [3.63, 3.8) is 0 Å². The Hall–Kier alpha value is 1.46. The summed E-state index contributed by atoms with van der Waals surface area (Å²) in [4.78, 5) is 0. The Morgan fingerprint density at radius 3 is 1.30 bits per heavy atom. The number of hydrogen-bond acceptors (Lipinski definition) is 0. The molecule has 0 radical (unpaired) electrons. The first-order chi connectivity index (χ1) is 11.1. The number of hydrogen-bond donors (Lipinski definition) is 0. The predicted molar refractivity (Wildman–Crippen MR) is 104 cm³/mol. The van der Waals surface area contributed by atoms with E-state index < -0.39 is 20.8 Å². The molecule has 2 fully saturated rings. The summed E-state index contributed by atoms with van der Waals surface area (Å²) in [6, 6.07) is 0. The summed E-state index contributed by atoms with van der Waals surface area (Å²) < 4.78 is 0. The van der Waals surface area contributed by atoms with E-state index in [1.807, 2.05) is 0 Å². The predicted octanol–water partition coefficient (Wildman–Crippen LogP) is 8.60. The van der Waals surface area contributed by atoms with Crippen molar-refractivity contribution in [2.45, 2.75) is 105 Å². The molecule has 3 heteroatoms. The zero-order chi connectivity index (χ0) is 17.5. The fraction of sp³-hybridized carbons (Fsp3) is 1.00. The van der Waals surface area contributed by atoms with E-state index in [9.17, 15) is 0 Å². The van der Waals surface area contributed by atoms with E-state index in [1.54, 1.807) is 0 Å². The van der Waals surface area contributed by atoms with Crippen LogP contribution in [0.2, 0.25) is 0 Å². The summed E-state index contributed by atoms with van der Waals surface area (Å²) in [7, 11) is 9.87. The quantitative estimate of drug-likeness (QED) is 0.386. The summed E-state index contributed by atoms with van der Waals surface area (Å²) in [5.41, 5.74) is 0. The van der Waals surface area contributed by atoms with Crippen molar-refractivity contribution in [3.05, 3.63) is 0 Å². The van der Waals surface area contributed by atoms with Crippen LogP contribution in [-0.2, 0) is 20.8 Å². The van der Waals surface area contributed by atoms with Gasteiger partial charge in [-0.2, -0.15) is 0 Å². The molecule has 2 saturated carbocycles. The Morgan fingerprint density at radius 1 is 0.739 bits per heavy atom. The standard InChI is InChI=1S/2C10H20.2ClH.Zr/c2*1-3-4-5-10-7-6-9(2)8-10;;;/h2*9-10H,3-8H2,1-2H3;2*1H;/q;;;;+2/p-2. The van der Waals surface area contributed by atoms with Gasteiger partial charge < -0.3 is 0 Å². The first-order valence-electron chi connectivity index (χ1n) is 10.0. The molecule has 138 valence electrons. The van der Waals surface area contributed by atoms with E-state index in [2.05, 4.69) is 27.7 Å². The fourth-order valence-corrected chi connectivity index (χ4v) is 4.16. The Kier molecular flexibility index (Phi) is 18.0. The molecule has 2 aliphatic rings. The van der Waals surface area contributed by atoms with Crippen LogP contribution in [0.25, 0.3) is 0 Å². The van der Waals surface area contributed by atoms with Gasteiger partial charge >= 0.3 is 37.9 Å². The van der Waals surface area contributed by atoms with Gasteiger partial charge in [0, 0.05) is 0 Å². The van der Waals surface area contributed by atoms with Gasteiger partial charge in [-0.05, 0) is 36.5 Å². The topological polar surface area (TPSA) is 0 Å². The van der Waals surface area contributed by atoms with Gasteiger partial charge in [-0.3, -0.25) is 0 Å². The third kappa shape index (κ3) is 14.3.